The van der Waals surface area contributed by atoms with Gasteiger partial charge in [0.2, 0.25) is 0 Å². The summed E-state index contributed by atoms with van der Waals surface area (Å²) in [6.07, 6.45) is 0. The zero-order valence-corrected chi connectivity index (χ0v) is 15.1. The minimum atomic E-state index is -0.0734. The fraction of sp³-hybridized carbons (Fsp3) is 0.250. The predicted octanol–water partition coefficient (Wildman–Crippen LogP) is 4.82. The lowest BCUT2D eigenvalue weighted by Gasteiger charge is -2.15. The molecule has 21 heavy (non-hydrogen) atoms. The summed E-state index contributed by atoms with van der Waals surface area (Å²) in [5.41, 5.74) is 8.02. The predicted molar refractivity (Wildman–Crippen MR) is 91.8 cm³/mol. The Morgan fingerprint density at radius 1 is 1.10 bits per heavy atom. The van der Waals surface area contributed by atoms with Crippen molar-refractivity contribution < 1.29 is 9.47 Å². The van der Waals surface area contributed by atoms with Gasteiger partial charge in [-0.2, -0.15) is 0 Å². The molecule has 0 heterocycles. The molecule has 0 radical (unpaired) electrons. The number of benzene rings is 2. The second-order valence-corrected chi connectivity index (χ2v) is 6.50. The zero-order valence-electron chi connectivity index (χ0n) is 11.9. The van der Waals surface area contributed by atoms with Crippen molar-refractivity contribution in [3.05, 3.63) is 56.5 Å². The van der Waals surface area contributed by atoms with E-state index in [1.165, 1.54) is 0 Å². The number of halogens is 2. The first-order valence-corrected chi connectivity index (χ1v) is 8.10. The summed E-state index contributed by atoms with van der Waals surface area (Å²) < 4.78 is 13.0. The van der Waals surface area contributed by atoms with Gasteiger partial charge in [0.25, 0.3) is 0 Å². The van der Waals surface area contributed by atoms with Gasteiger partial charge >= 0.3 is 0 Å². The number of hydrogen-bond donors (Lipinski definition) is 1. The maximum Gasteiger partial charge on any atom is 0.133 e. The van der Waals surface area contributed by atoms with Gasteiger partial charge in [-0.05, 0) is 52.7 Å². The summed E-state index contributed by atoms with van der Waals surface area (Å²) in [6.45, 7) is 2.42. The lowest BCUT2D eigenvalue weighted by atomic mass is 10.1. The molecule has 0 bridgehead atoms. The Bertz CT molecular complexity index is 630. The Kier molecular flexibility index (Phi) is 5.67. The van der Waals surface area contributed by atoms with E-state index in [1.807, 2.05) is 43.3 Å². The van der Waals surface area contributed by atoms with E-state index < -0.39 is 0 Å². The van der Waals surface area contributed by atoms with E-state index >= 15 is 0 Å². The summed E-state index contributed by atoms with van der Waals surface area (Å²) in [5, 5.41) is 0. The standard InChI is InChI=1S/C16H17Br2NO2/c1-10(19)13-5-4-12(17)8-16(13)21-9-11-3-6-15(20-2)14(18)7-11/h3-8,10H,9,19H2,1-2H3. The van der Waals surface area contributed by atoms with E-state index in [-0.39, 0.29) is 6.04 Å². The molecule has 0 spiro atoms. The molecule has 5 heteroatoms. The number of hydrogen-bond acceptors (Lipinski definition) is 3. The molecule has 0 saturated heterocycles. The summed E-state index contributed by atoms with van der Waals surface area (Å²) in [5.74, 6) is 1.60. The summed E-state index contributed by atoms with van der Waals surface area (Å²) in [6, 6.07) is 11.7. The average Bonchev–Trinajstić information content (AvgIpc) is 2.45. The molecule has 0 amide bonds. The molecule has 2 N–H and O–H groups in total. The third kappa shape index (κ3) is 4.22. The van der Waals surface area contributed by atoms with Crippen molar-refractivity contribution in [1.82, 2.24) is 0 Å². The van der Waals surface area contributed by atoms with Gasteiger partial charge in [0.15, 0.2) is 0 Å². The van der Waals surface area contributed by atoms with Gasteiger partial charge in [0.1, 0.15) is 18.1 Å². The highest BCUT2D eigenvalue weighted by molar-refractivity contribution is 9.10. The molecule has 2 aromatic carbocycles. The maximum atomic E-state index is 5.98. The molecule has 0 aliphatic carbocycles. The maximum absolute atomic E-state index is 5.98. The van der Waals surface area contributed by atoms with E-state index in [2.05, 4.69) is 31.9 Å². The normalized spacial score (nSPS) is 12.0. The minimum absolute atomic E-state index is 0.0734. The lowest BCUT2D eigenvalue weighted by Crippen LogP contribution is -2.08. The number of methoxy groups -OCH3 is 1. The van der Waals surface area contributed by atoms with Crippen LogP contribution < -0.4 is 15.2 Å². The van der Waals surface area contributed by atoms with Crippen LogP contribution >= 0.6 is 31.9 Å². The Balaban J connectivity index is 2.16. The number of nitrogens with two attached hydrogens (primary N) is 1. The van der Waals surface area contributed by atoms with Crippen LogP contribution in [-0.4, -0.2) is 7.11 Å². The summed E-state index contributed by atoms with van der Waals surface area (Å²) >= 11 is 6.93. The molecular weight excluding hydrogens is 398 g/mol. The zero-order chi connectivity index (χ0) is 15.4. The van der Waals surface area contributed by atoms with Crippen LogP contribution in [0.3, 0.4) is 0 Å². The van der Waals surface area contributed by atoms with E-state index in [1.54, 1.807) is 7.11 Å². The molecule has 0 aliphatic heterocycles. The smallest absolute Gasteiger partial charge is 0.133 e. The first kappa shape index (κ1) is 16.3. The number of rotatable bonds is 5. The van der Waals surface area contributed by atoms with Gasteiger partial charge in [-0.25, -0.2) is 0 Å². The average molecular weight is 415 g/mol. The first-order valence-electron chi connectivity index (χ1n) is 6.51. The van der Waals surface area contributed by atoms with Gasteiger partial charge in [0.05, 0.1) is 11.6 Å². The second-order valence-electron chi connectivity index (χ2n) is 4.73. The molecule has 112 valence electrons. The molecular formula is C16H17Br2NO2. The SMILES string of the molecule is COc1ccc(COc2cc(Br)ccc2C(C)N)cc1Br. The highest BCUT2D eigenvalue weighted by Gasteiger charge is 2.09. The molecule has 0 saturated carbocycles. The largest absolute Gasteiger partial charge is 0.496 e. The van der Waals surface area contributed by atoms with Gasteiger partial charge in [-0.1, -0.05) is 28.1 Å². The van der Waals surface area contributed by atoms with Gasteiger partial charge in [-0.15, -0.1) is 0 Å². The van der Waals surface area contributed by atoms with Crippen LogP contribution in [0.25, 0.3) is 0 Å². The van der Waals surface area contributed by atoms with E-state index in [4.69, 9.17) is 15.2 Å². The van der Waals surface area contributed by atoms with E-state index in [0.717, 1.165) is 31.6 Å². The van der Waals surface area contributed by atoms with Crippen molar-refractivity contribution in [1.29, 1.82) is 0 Å². The van der Waals surface area contributed by atoms with Crippen LogP contribution in [0.1, 0.15) is 24.1 Å². The van der Waals surface area contributed by atoms with Crippen molar-refractivity contribution >= 4 is 31.9 Å². The Hall–Kier alpha value is -1.04. The summed E-state index contributed by atoms with van der Waals surface area (Å²) in [4.78, 5) is 0. The monoisotopic (exact) mass is 413 g/mol. The van der Waals surface area contributed by atoms with Crippen molar-refractivity contribution in [3.63, 3.8) is 0 Å². The van der Waals surface area contributed by atoms with E-state index in [9.17, 15) is 0 Å². The van der Waals surface area contributed by atoms with Gasteiger partial charge < -0.3 is 15.2 Å². The molecule has 1 unspecified atom stereocenters. The molecule has 3 nitrogen and oxygen atoms in total. The van der Waals surface area contributed by atoms with Crippen LogP contribution in [0.5, 0.6) is 11.5 Å². The Morgan fingerprint density at radius 2 is 1.86 bits per heavy atom. The molecule has 0 aromatic heterocycles. The molecule has 2 aromatic rings. The lowest BCUT2D eigenvalue weighted by molar-refractivity contribution is 0.301. The Morgan fingerprint density at radius 3 is 2.48 bits per heavy atom. The van der Waals surface area contributed by atoms with Crippen LogP contribution in [0.2, 0.25) is 0 Å². The van der Waals surface area contributed by atoms with Crippen molar-refractivity contribution in [2.75, 3.05) is 7.11 Å². The molecule has 1 atom stereocenters. The van der Waals surface area contributed by atoms with Crippen molar-refractivity contribution in [2.24, 2.45) is 5.73 Å². The van der Waals surface area contributed by atoms with Crippen LogP contribution in [-0.2, 0) is 6.61 Å². The topological polar surface area (TPSA) is 44.5 Å². The third-order valence-electron chi connectivity index (χ3n) is 3.08. The Labute approximate surface area is 141 Å². The van der Waals surface area contributed by atoms with Crippen LogP contribution in [0.15, 0.2) is 45.3 Å². The fourth-order valence-corrected chi connectivity index (χ4v) is 2.90. The van der Waals surface area contributed by atoms with Crippen LogP contribution in [0, 0.1) is 0 Å². The van der Waals surface area contributed by atoms with Gasteiger partial charge in [-0.3, -0.25) is 0 Å². The highest BCUT2D eigenvalue weighted by Crippen LogP contribution is 2.30. The van der Waals surface area contributed by atoms with Gasteiger partial charge in [0, 0.05) is 16.1 Å². The highest BCUT2D eigenvalue weighted by atomic mass is 79.9. The molecule has 2 rings (SSSR count). The molecule has 0 aliphatic rings. The molecule has 0 fully saturated rings. The quantitative estimate of drug-likeness (QED) is 0.762. The first-order chi connectivity index (χ1) is 10.0. The number of ether oxygens (including phenoxy) is 2. The van der Waals surface area contributed by atoms with E-state index in [0.29, 0.717) is 6.61 Å². The third-order valence-corrected chi connectivity index (χ3v) is 4.19. The summed E-state index contributed by atoms with van der Waals surface area (Å²) in [7, 11) is 1.65. The minimum Gasteiger partial charge on any atom is -0.496 e. The van der Waals surface area contributed by atoms with Crippen molar-refractivity contribution in [2.45, 2.75) is 19.6 Å². The second kappa shape index (κ2) is 7.29. The van der Waals surface area contributed by atoms with Crippen LogP contribution in [0.4, 0.5) is 0 Å². The fourth-order valence-electron chi connectivity index (χ4n) is 1.97. The van der Waals surface area contributed by atoms with Crippen molar-refractivity contribution in [3.8, 4) is 11.5 Å².